The summed E-state index contributed by atoms with van der Waals surface area (Å²) in [4.78, 5) is 25.1. The van der Waals surface area contributed by atoms with Crippen molar-refractivity contribution in [2.75, 3.05) is 19.8 Å². The Hall–Kier alpha value is -2.60. The van der Waals surface area contributed by atoms with Crippen molar-refractivity contribution in [1.82, 2.24) is 0 Å². The van der Waals surface area contributed by atoms with Crippen LogP contribution in [0.15, 0.2) is 60.8 Å². The van der Waals surface area contributed by atoms with Crippen molar-refractivity contribution in [3.05, 3.63) is 60.8 Å². The van der Waals surface area contributed by atoms with Gasteiger partial charge in [-0.15, -0.1) is 0 Å². The fraction of sp³-hybridized carbons (Fsp3) is 0.700. The molecule has 1 aliphatic heterocycles. The molecule has 0 aliphatic carbocycles. The van der Waals surface area contributed by atoms with Gasteiger partial charge in [0.25, 0.3) is 0 Å². The van der Waals surface area contributed by atoms with E-state index in [1.54, 1.807) is 0 Å². The van der Waals surface area contributed by atoms with E-state index in [4.69, 9.17) is 18.9 Å². The summed E-state index contributed by atoms with van der Waals surface area (Å²) in [6.07, 6.45) is 28.1. The lowest BCUT2D eigenvalue weighted by atomic mass is 9.99. The highest BCUT2D eigenvalue weighted by molar-refractivity contribution is 5.70. The summed E-state index contributed by atoms with van der Waals surface area (Å²) in [5, 5.41) is 39.9. The van der Waals surface area contributed by atoms with Gasteiger partial charge in [0, 0.05) is 12.8 Å². The van der Waals surface area contributed by atoms with Gasteiger partial charge in [0.05, 0.1) is 13.2 Å². The fourth-order valence-corrected chi connectivity index (χ4v) is 5.22. The third kappa shape index (κ3) is 23.0. The average Bonchev–Trinajstić information content (AvgIpc) is 3.11. The lowest BCUT2D eigenvalue weighted by molar-refractivity contribution is -0.305. The van der Waals surface area contributed by atoms with Gasteiger partial charge in [0.1, 0.15) is 31.0 Å². The number of aliphatic hydroxyl groups is 4. The largest absolute Gasteiger partial charge is 0.462 e. The number of aliphatic hydroxyl groups excluding tert-OH is 4. The minimum Gasteiger partial charge on any atom is -0.462 e. The van der Waals surface area contributed by atoms with Crippen molar-refractivity contribution >= 4 is 11.9 Å². The maximum absolute atomic E-state index is 12.7. The Bertz CT molecular complexity index is 1000. The van der Waals surface area contributed by atoms with Gasteiger partial charge in [0.2, 0.25) is 0 Å². The highest BCUT2D eigenvalue weighted by Gasteiger charge is 2.44. The minimum absolute atomic E-state index is 0.201. The number of carbonyl (C=O) groups is 2. The van der Waals surface area contributed by atoms with Crippen molar-refractivity contribution in [3.8, 4) is 0 Å². The van der Waals surface area contributed by atoms with Gasteiger partial charge in [-0.1, -0.05) is 113 Å². The third-order valence-corrected chi connectivity index (χ3v) is 8.21. The molecule has 1 heterocycles. The number of carbonyl (C=O) groups excluding carboxylic acids is 2. The molecule has 0 radical (unpaired) electrons. The van der Waals surface area contributed by atoms with Crippen LogP contribution in [0.2, 0.25) is 0 Å². The predicted octanol–water partition coefficient (Wildman–Crippen LogP) is 6.71. The molecule has 0 spiro atoms. The lowest BCUT2D eigenvalue weighted by Gasteiger charge is -2.39. The normalized spacial score (nSPS) is 22.1. The van der Waals surface area contributed by atoms with Gasteiger partial charge < -0.3 is 39.4 Å². The van der Waals surface area contributed by atoms with E-state index in [0.717, 1.165) is 83.5 Å². The van der Waals surface area contributed by atoms with E-state index < -0.39 is 55.4 Å². The molecule has 10 heteroatoms. The molecule has 0 aromatic heterocycles. The summed E-state index contributed by atoms with van der Waals surface area (Å²) in [6, 6.07) is 0. The maximum Gasteiger partial charge on any atom is 0.306 e. The van der Waals surface area contributed by atoms with E-state index in [9.17, 15) is 30.0 Å². The van der Waals surface area contributed by atoms with Crippen LogP contribution in [-0.2, 0) is 28.5 Å². The quantitative estimate of drug-likeness (QED) is 0.0286. The summed E-state index contributed by atoms with van der Waals surface area (Å²) in [6.45, 7) is 3.10. The molecule has 0 aromatic rings. The first-order valence-corrected chi connectivity index (χ1v) is 18.9. The zero-order chi connectivity index (χ0) is 36.7. The van der Waals surface area contributed by atoms with Crippen molar-refractivity contribution < 1.29 is 49.0 Å². The second kappa shape index (κ2) is 31.2. The number of esters is 2. The van der Waals surface area contributed by atoms with Crippen molar-refractivity contribution in [2.24, 2.45) is 0 Å². The number of hydrogen-bond donors (Lipinski definition) is 4. The number of hydrogen-bond acceptors (Lipinski definition) is 10. The summed E-state index contributed by atoms with van der Waals surface area (Å²) in [5.74, 6) is -0.858. The predicted molar refractivity (Wildman–Crippen MR) is 196 cm³/mol. The van der Waals surface area contributed by atoms with Crippen LogP contribution in [0.25, 0.3) is 0 Å². The molecule has 1 fully saturated rings. The Morgan fingerprint density at radius 1 is 0.640 bits per heavy atom. The van der Waals surface area contributed by atoms with Gasteiger partial charge >= 0.3 is 11.9 Å². The van der Waals surface area contributed by atoms with E-state index in [2.05, 4.69) is 56.4 Å². The molecule has 4 N–H and O–H groups in total. The zero-order valence-electron chi connectivity index (χ0n) is 30.6. The summed E-state index contributed by atoms with van der Waals surface area (Å²) < 4.78 is 22.0. The standard InChI is InChI=1S/C40H66O10/c1-3-5-7-9-11-13-15-17-19-21-23-25-27-29-36(43)49-33(32-48-40-39(46)38(45)37(44)34(30-41)50-40)31-47-35(42)28-26-24-22-20-18-16-14-12-10-8-6-4-2/h5-9,11-15,33-34,37-41,44-46H,3-4,10,16-32H2,1-2H3/b7-5+,8-6+,11-9+,14-12+,15-13+/t33?,34-,37+,38?,39?,40-/m0/s1. The van der Waals surface area contributed by atoms with Gasteiger partial charge in [-0.05, 0) is 57.8 Å². The van der Waals surface area contributed by atoms with Crippen LogP contribution in [0.1, 0.15) is 123 Å². The molecule has 0 saturated carbocycles. The van der Waals surface area contributed by atoms with E-state index in [-0.39, 0.29) is 26.1 Å². The smallest absolute Gasteiger partial charge is 0.306 e. The minimum atomic E-state index is -1.60. The zero-order valence-corrected chi connectivity index (χ0v) is 30.6. The Morgan fingerprint density at radius 3 is 1.88 bits per heavy atom. The van der Waals surface area contributed by atoms with Gasteiger partial charge in [-0.3, -0.25) is 9.59 Å². The molecule has 6 atom stereocenters. The Labute approximate surface area is 300 Å². The van der Waals surface area contributed by atoms with Crippen molar-refractivity contribution in [3.63, 3.8) is 0 Å². The molecule has 1 aliphatic rings. The maximum atomic E-state index is 12.7. The first-order valence-electron chi connectivity index (χ1n) is 18.9. The monoisotopic (exact) mass is 706 g/mol. The molecule has 3 unspecified atom stereocenters. The molecule has 286 valence electrons. The molecular weight excluding hydrogens is 640 g/mol. The van der Waals surface area contributed by atoms with Crippen LogP contribution in [0.4, 0.5) is 0 Å². The lowest BCUT2D eigenvalue weighted by Crippen LogP contribution is -2.59. The summed E-state index contributed by atoms with van der Waals surface area (Å²) >= 11 is 0. The second-order valence-electron chi connectivity index (χ2n) is 12.7. The highest BCUT2D eigenvalue weighted by Crippen LogP contribution is 2.22. The SMILES string of the molecule is CC/C=C/C=C/C=C/CCCCCCCC(=O)OC(COC(=O)CCCCCCC/C=C/C/C=C/CC)CO[C@H]1O[C@@H](CO)[C@@H](O)C(O)C1O. The molecule has 1 saturated heterocycles. The van der Waals surface area contributed by atoms with Gasteiger partial charge in [0.15, 0.2) is 12.4 Å². The summed E-state index contributed by atoms with van der Waals surface area (Å²) in [5.41, 5.74) is 0. The number of unbranched alkanes of at least 4 members (excludes halogenated alkanes) is 10. The first-order chi connectivity index (χ1) is 24.3. The number of allylic oxidation sites excluding steroid dienone is 10. The highest BCUT2D eigenvalue weighted by atomic mass is 16.7. The Morgan fingerprint density at radius 2 is 1.22 bits per heavy atom. The van der Waals surface area contributed by atoms with E-state index in [1.807, 2.05) is 18.2 Å². The first kappa shape index (κ1) is 45.4. The molecule has 0 amide bonds. The average molecular weight is 707 g/mol. The van der Waals surface area contributed by atoms with Crippen LogP contribution in [-0.4, -0.2) is 89.0 Å². The van der Waals surface area contributed by atoms with Crippen molar-refractivity contribution in [2.45, 2.75) is 160 Å². The fourth-order valence-electron chi connectivity index (χ4n) is 5.22. The topological polar surface area (TPSA) is 152 Å². The molecule has 1 rings (SSSR count). The van der Waals surface area contributed by atoms with Crippen LogP contribution in [0.3, 0.4) is 0 Å². The van der Waals surface area contributed by atoms with Crippen LogP contribution >= 0.6 is 0 Å². The van der Waals surface area contributed by atoms with E-state index in [1.165, 1.54) is 0 Å². The molecular formula is C40H66O10. The van der Waals surface area contributed by atoms with Crippen LogP contribution < -0.4 is 0 Å². The number of rotatable bonds is 29. The van der Waals surface area contributed by atoms with Crippen LogP contribution in [0, 0.1) is 0 Å². The Balaban J connectivity index is 2.44. The number of ether oxygens (including phenoxy) is 4. The summed E-state index contributed by atoms with van der Waals surface area (Å²) in [7, 11) is 0. The van der Waals surface area contributed by atoms with Gasteiger partial charge in [-0.2, -0.15) is 0 Å². The third-order valence-electron chi connectivity index (χ3n) is 8.21. The second-order valence-corrected chi connectivity index (χ2v) is 12.7. The molecule has 0 bridgehead atoms. The van der Waals surface area contributed by atoms with Gasteiger partial charge in [-0.25, -0.2) is 0 Å². The molecule has 50 heavy (non-hydrogen) atoms. The van der Waals surface area contributed by atoms with Crippen LogP contribution in [0.5, 0.6) is 0 Å². The Kier molecular flexibility index (Phi) is 28.3. The van der Waals surface area contributed by atoms with E-state index >= 15 is 0 Å². The molecule has 0 aromatic carbocycles. The van der Waals surface area contributed by atoms with Crippen molar-refractivity contribution in [1.29, 1.82) is 0 Å². The van der Waals surface area contributed by atoms with E-state index in [0.29, 0.717) is 12.8 Å². The molecule has 10 nitrogen and oxygen atoms in total.